The molecule has 0 aliphatic carbocycles. The quantitative estimate of drug-likeness (QED) is 0.877. The molecule has 2 N–H and O–H groups in total. The second-order valence-corrected chi connectivity index (χ2v) is 4.36. The van der Waals surface area contributed by atoms with Gasteiger partial charge in [0.2, 0.25) is 0 Å². The highest BCUT2D eigenvalue weighted by molar-refractivity contribution is 5.25. The van der Waals surface area contributed by atoms with E-state index in [1.54, 1.807) is 12.4 Å². The zero-order chi connectivity index (χ0) is 12.8. The molecule has 0 saturated carbocycles. The largest absolute Gasteiger partial charge is 0.487 e. The minimum absolute atomic E-state index is 0.401. The molecular formula is C15H18N2O. The Balaban J connectivity index is 1.94. The molecule has 0 bridgehead atoms. The molecule has 0 saturated heterocycles. The van der Waals surface area contributed by atoms with Crippen LogP contribution in [0.4, 0.5) is 0 Å². The van der Waals surface area contributed by atoms with Crippen LogP contribution in [0, 0.1) is 0 Å². The fraction of sp³-hybridized carbons (Fsp3) is 0.267. The zero-order valence-corrected chi connectivity index (χ0v) is 10.5. The Labute approximate surface area is 108 Å². The SMILES string of the molecule is CC(CN)c1ccc(COc2cccnc2)cc1. The van der Waals surface area contributed by atoms with Crippen LogP contribution in [0.15, 0.2) is 48.8 Å². The highest BCUT2D eigenvalue weighted by Crippen LogP contribution is 2.16. The molecule has 1 unspecified atom stereocenters. The van der Waals surface area contributed by atoms with Crippen molar-refractivity contribution in [1.29, 1.82) is 0 Å². The monoisotopic (exact) mass is 242 g/mol. The summed E-state index contributed by atoms with van der Waals surface area (Å²) in [6, 6.07) is 12.1. The molecule has 94 valence electrons. The van der Waals surface area contributed by atoms with Gasteiger partial charge in [0.15, 0.2) is 0 Å². The summed E-state index contributed by atoms with van der Waals surface area (Å²) in [5, 5.41) is 0. The first kappa shape index (κ1) is 12.6. The van der Waals surface area contributed by atoms with E-state index < -0.39 is 0 Å². The van der Waals surface area contributed by atoms with Crippen LogP contribution in [0.2, 0.25) is 0 Å². The molecule has 2 rings (SSSR count). The van der Waals surface area contributed by atoms with Crippen LogP contribution in [0.3, 0.4) is 0 Å². The Kier molecular flexibility index (Phi) is 4.31. The number of aromatic nitrogens is 1. The van der Waals surface area contributed by atoms with Gasteiger partial charge in [0, 0.05) is 6.20 Å². The van der Waals surface area contributed by atoms with Gasteiger partial charge >= 0.3 is 0 Å². The molecule has 0 radical (unpaired) electrons. The highest BCUT2D eigenvalue weighted by Gasteiger charge is 2.02. The van der Waals surface area contributed by atoms with Crippen LogP contribution < -0.4 is 10.5 Å². The minimum Gasteiger partial charge on any atom is -0.487 e. The standard InChI is InChI=1S/C15H18N2O/c1-12(9-16)14-6-4-13(5-7-14)11-18-15-3-2-8-17-10-15/h2-8,10,12H,9,11,16H2,1H3. The second-order valence-electron chi connectivity index (χ2n) is 4.36. The average Bonchev–Trinajstić information content (AvgIpc) is 2.46. The number of hydrogen-bond donors (Lipinski definition) is 1. The lowest BCUT2D eigenvalue weighted by atomic mass is 10.0. The minimum atomic E-state index is 0.401. The van der Waals surface area contributed by atoms with Gasteiger partial charge in [-0.2, -0.15) is 0 Å². The third-order valence-corrected chi connectivity index (χ3v) is 2.94. The van der Waals surface area contributed by atoms with Gasteiger partial charge in [-0.25, -0.2) is 0 Å². The van der Waals surface area contributed by atoms with Gasteiger partial charge in [0.1, 0.15) is 12.4 Å². The van der Waals surface area contributed by atoms with E-state index >= 15 is 0 Å². The van der Waals surface area contributed by atoms with E-state index in [0.717, 1.165) is 11.3 Å². The summed E-state index contributed by atoms with van der Waals surface area (Å²) in [6.07, 6.45) is 3.45. The van der Waals surface area contributed by atoms with Crippen LogP contribution in [0.5, 0.6) is 5.75 Å². The molecule has 0 amide bonds. The van der Waals surface area contributed by atoms with Crippen LogP contribution in [-0.2, 0) is 6.61 Å². The molecule has 18 heavy (non-hydrogen) atoms. The molecular weight excluding hydrogens is 224 g/mol. The van der Waals surface area contributed by atoms with Gasteiger partial charge in [0.05, 0.1) is 6.20 Å². The van der Waals surface area contributed by atoms with E-state index in [0.29, 0.717) is 19.1 Å². The first-order chi connectivity index (χ1) is 8.79. The number of pyridine rings is 1. The van der Waals surface area contributed by atoms with Gasteiger partial charge in [-0.05, 0) is 35.7 Å². The number of nitrogens with zero attached hydrogens (tertiary/aromatic N) is 1. The van der Waals surface area contributed by atoms with Crippen molar-refractivity contribution >= 4 is 0 Å². The maximum atomic E-state index is 5.65. The van der Waals surface area contributed by atoms with Gasteiger partial charge in [0.25, 0.3) is 0 Å². The maximum absolute atomic E-state index is 5.65. The Morgan fingerprint density at radius 2 is 2.00 bits per heavy atom. The maximum Gasteiger partial charge on any atom is 0.138 e. The van der Waals surface area contributed by atoms with Crippen molar-refractivity contribution < 1.29 is 4.74 Å². The molecule has 2 aromatic rings. The zero-order valence-electron chi connectivity index (χ0n) is 10.5. The lowest BCUT2D eigenvalue weighted by Gasteiger charge is -2.10. The molecule has 3 nitrogen and oxygen atoms in total. The summed E-state index contributed by atoms with van der Waals surface area (Å²) in [7, 11) is 0. The summed E-state index contributed by atoms with van der Waals surface area (Å²) in [6.45, 7) is 3.36. The Hall–Kier alpha value is -1.87. The van der Waals surface area contributed by atoms with Crippen molar-refractivity contribution in [3.63, 3.8) is 0 Å². The average molecular weight is 242 g/mol. The molecule has 3 heteroatoms. The highest BCUT2D eigenvalue weighted by atomic mass is 16.5. The third kappa shape index (κ3) is 3.31. The van der Waals surface area contributed by atoms with Crippen molar-refractivity contribution in [2.45, 2.75) is 19.4 Å². The summed E-state index contributed by atoms with van der Waals surface area (Å²) >= 11 is 0. The van der Waals surface area contributed by atoms with E-state index in [9.17, 15) is 0 Å². The van der Waals surface area contributed by atoms with Crippen LogP contribution in [0.25, 0.3) is 0 Å². The normalized spacial score (nSPS) is 12.1. The van der Waals surface area contributed by atoms with Crippen molar-refractivity contribution in [2.24, 2.45) is 5.73 Å². The topological polar surface area (TPSA) is 48.1 Å². The first-order valence-electron chi connectivity index (χ1n) is 6.11. The van der Waals surface area contributed by atoms with E-state index in [-0.39, 0.29) is 0 Å². The fourth-order valence-electron chi connectivity index (χ4n) is 1.68. The molecule has 1 atom stereocenters. The van der Waals surface area contributed by atoms with Gasteiger partial charge in [-0.15, -0.1) is 0 Å². The number of hydrogen-bond acceptors (Lipinski definition) is 3. The molecule has 0 aliphatic heterocycles. The van der Waals surface area contributed by atoms with Crippen molar-refractivity contribution in [3.8, 4) is 5.75 Å². The molecule has 0 fully saturated rings. The van der Waals surface area contributed by atoms with Crippen molar-refractivity contribution in [1.82, 2.24) is 4.98 Å². The Bertz CT molecular complexity index is 468. The van der Waals surface area contributed by atoms with Crippen LogP contribution in [-0.4, -0.2) is 11.5 Å². The van der Waals surface area contributed by atoms with Crippen LogP contribution in [0.1, 0.15) is 24.0 Å². The predicted molar refractivity (Wildman–Crippen MR) is 72.5 cm³/mol. The summed E-state index contributed by atoms with van der Waals surface area (Å²) in [5.41, 5.74) is 8.06. The van der Waals surface area contributed by atoms with Gasteiger partial charge in [-0.1, -0.05) is 31.2 Å². The smallest absolute Gasteiger partial charge is 0.138 e. The fourth-order valence-corrected chi connectivity index (χ4v) is 1.68. The lowest BCUT2D eigenvalue weighted by molar-refractivity contribution is 0.305. The molecule has 0 aliphatic rings. The Morgan fingerprint density at radius 3 is 2.61 bits per heavy atom. The second kappa shape index (κ2) is 6.17. The van der Waals surface area contributed by atoms with Crippen molar-refractivity contribution in [3.05, 3.63) is 59.9 Å². The lowest BCUT2D eigenvalue weighted by Crippen LogP contribution is -2.08. The molecule has 1 aromatic heterocycles. The summed E-state index contributed by atoms with van der Waals surface area (Å²) < 4.78 is 5.63. The first-order valence-corrected chi connectivity index (χ1v) is 6.11. The predicted octanol–water partition coefficient (Wildman–Crippen LogP) is 2.72. The number of benzene rings is 1. The van der Waals surface area contributed by atoms with Crippen molar-refractivity contribution in [2.75, 3.05) is 6.54 Å². The molecule has 1 heterocycles. The van der Waals surface area contributed by atoms with E-state index in [4.69, 9.17) is 10.5 Å². The third-order valence-electron chi connectivity index (χ3n) is 2.94. The van der Waals surface area contributed by atoms with E-state index in [2.05, 4.69) is 36.2 Å². The van der Waals surface area contributed by atoms with Gasteiger partial charge in [-0.3, -0.25) is 4.98 Å². The number of rotatable bonds is 5. The van der Waals surface area contributed by atoms with E-state index in [1.807, 2.05) is 12.1 Å². The molecule has 0 spiro atoms. The van der Waals surface area contributed by atoms with Crippen LogP contribution >= 0.6 is 0 Å². The summed E-state index contributed by atoms with van der Waals surface area (Å²) in [5.74, 6) is 1.19. The Morgan fingerprint density at radius 1 is 1.22 bits per heavy atom. The summed E-state index contributed by atoms with van der Waals surface area (Å²) in [4.78, 5) is 4.01. The number of nitrogens with two attached hydrogens (primary N) is 1. The van der Waals surface area contributed by atoms with E-state index in [1.165, 1.54) is 5.56 Å². The van der Waals surface area contributed by atoms with Gasteiger partial charge < -0.3 is 10.5 Å². The number of ether oxygens (including phenoxy) is 1. The molecule has 1 aromatic carbocycles.